The summed E-state index contributed by atoms with van der Waals surface area (Å²) in [5, 5.41) is 2.21. The first-order chi connectivity index (χ1) is 9.06. The molecule has 2 N–H and O–H groups in total. The Morgan fingerprint density at radius 3 is 2.42 bits per heavy atom. The largest absolute Gasteiger partial charge is 0.337 e. The second-order valence-corrected chi connectivity index (χ2v) is 7.18. The number of urea groups is 1. The molecule has 2 amide bonds. The molecule has 0 atom stereocenters. The Morgan fingerprint density at radius 1 is 1.11 bits per heavy atom. The van der Waals surface area contributed by atoms with E-state index in [9.17, 15) is 13.2 Å². The first-order valence-electron chi connectivity index (χ1n) is 7.35. The van der Waals surface area contributed by atoms with Crippen LogP contribution in [0.3, 0.4) is 0 Å². The molecule has 0 unspecified atom stereocenters. The normalized spacial score (nSPS) is 17.1. The van der Waals surface area contributed by atoms with E-state index in [1.165, 1.54) is 0 Å². The van der Waals surface area contributed by atoms with E-state index in [2.05, 4.69) is 17.0 Å². The van der Waals surface area contributed by atoms with Gasteiger partial charge >= 0.3 is 6.03 Å². The van der Waals surface area contributed by atoms with Crippen LogP contribution in [0.5, 0.6) is 0 Å². The zero-order valence-corrected chi connectivity index (χ0v) is 12.6. The van der Waals surface area contributed by atoms with Crippen LogP contribution in [-0.4, -0.2) is 26.2 Å². The summed E-state index contributed by atoms with van der Waals surface area (Å²) >= 11 is 0. The van der Waals surface area contributed by atoms with Gasteiger partial charge in [0.05, 0.1) is 5.25 Å². The van der Waals surface area contributed by atoms with Gasteiger partial charge in [-0.25, -0.2) is 17.9 Å². The molecular formula is C13H26N2O3S. The van der Waals surface area contributed by atoms with Crippen molar-refractivity contribution in [3.8, 4) is 0 Å². The Hall–Kier alpha value is -0.780. The molecule has 1 fully saturated rings. The third kappa shape index (κ3) is 6.27. The van der Waals surface area contributed by atoms with Crippen LogP contribution >= 0.6 is 0 Å². The molecule has 1 saturated carbocycles. The van der Waals surface area contributed by atoms with Crippen LogP contribution in [0.4, 0.5) is 4.79 Å². The molecule has 0 aliphatic heterocycles. The van der Waals surface area contributed by atoms with Crippen molar-refractivity contribution in [2.24, 2.45) is 0 Å². The van der Waals surface area contributed by atoms with Crippen molar-refractivity contribution in [3.05, 3.63) is 0 Å². The number of nitrogens with one attached hydrogen (secondary N) is 2. The number of sulfonamides is 1. The van der Waals surface area contributed by atoms with E-state index >= 15 is 0 Å². The number of carbonyl (C=O) groups is 1. The Bertz CT molecular complexity index is 362. The minimum atomic E-state index is -3.49. The molecule has 0 bridgehead atoms. The number of unbranched alkanes of at least 4 members (excludes halogenated alkanes) is 3. The van der Waals surface area contributed by atoms with Gasteiger partial charge in [0.25, 0.3) is 0 Å². The molecule has 5 nitrogen and oxygen atoms in total. The first-order valence-corrected chi connectivity index (χ1v) is 8.90. The SMILES string of the molecule is CCCCCCNC(=O)NS(=O)(=O)C1CCCCC1. The summed E-state index contributed by atoms with van der Waals surface area (Å²) in [6.45, 7) is 2.66. The molecule has 112 valence electrons. The number of carbonyl (C=O) groups excluding carboxylic acids is 1. The van der Waals surface area contributed by atoms with E-state index in [4.69, 9.17) is 0 Å². The van der Waals surface area contributed by atoms with E-state index in [1.54, 1.807) is 0 Å². The standard InChI is InChI=1S/C13H26N2O3S/c1-2-3-4-8-11-14-13(16)15-19(17,18)12-9-6-5-7-10-12/h12H,2-11H2,1H3,(H2,14,15,16). The Labute approximate surface area is 116 Å². The van der Waals surface area contributed by atoms with Gasteiger partial charge in [-0.2, -0.15) is 0 Å². The van der Waals surface area contributed by atoms with Crippen LogP contribution in [0, 0.1) is 0 Å². The highest BCUT2D eigenvalue weighted by Gasteiger charge is 2.28. The third-order valence-electron chi connectivity index (χ3n) is 3.54. The van der Waals surface area contributed by atoms with Gasteiger partial charge in [-0.15, -0.1) is 0 Å². The number of amides is 2. The van der Waals surface area contributed by atoms with Crippen molar-refractivity contribution in [1.29, 1.82) is 0 Å². The molecule has 0 aromatic rings. The second kappa shape index (κ2) is 8.40. The highest BCUT2D eigenvalue weighted by molar-refractivity contribution is 7.90. The topological polar surface area (TPSA) is 75.3 Å². The average Bonchev–Trinajstić information content (AvgIpc) is 2.39. The van der Waals surface area contributed by atoms with Crippen molar-refractivity contribution >= 4 is 16.1 Å². The van der Waals surface area contributed by atoms with Gasteiger partial charge in [-0.05, 0) is 19.3 Å². The molecule has 0 aromatic carbocycles. The minimum Gasteiger partial charge on any atom is -0.337 e. The number of rotatable bonds is 7. The fourth-order valence-corrected chi connectivity index (χ4v) is 3.83. The lowest BCUT2D eigenvalue weighted by Gasteiger charge is -2.21. The van der Waals surface area contributed by atoms with Crippen LogP contribution in [0.2, 0.25) is 0 Å². The van der Waals surface area contributed by atoms with Crippen molar-refractivity contribution in [1.82, 2.24) is 10.0 Å². The maximum absolute atomic E-state index is 12.0. The summed E-state index contributed by atoms with van der Waals surface area (Å²) in [5.41, 5.74) is 0. The fourth-order valence-electron chi connectivity index (χ4n) is 2.38. The Balaban J connectivity index is 2.26. The van der Waals surface area contributed by atoms with Crippen LogP contribution in [0.1, 0.15) is 64.7 Å². The van der Waals surface area contributed by atoms with Crippen molar-refractivity contribution in [3.63, 3.8) is 0 Å². The van der Waals surface area contributed by atoms with Gasteiger partial charge in [-0.3, -0.25) is 0 Å². The highest BCUT2D eigenvalue weighted by atomic mass is 32.2. The first kappa shape index (κ1) is 16.3. The van der Waals surface area contributed by atoms with Gasteiger partial charge in [0.15, 0.2) is 0 Å². The molecule has 0 aromatic heterocycles. The molecule has 1 aliphatic rings. The minimum absolute atomic E-state index is 0.396. The molecule has 6 heteroatoms. The molecule has 1 rings (SSSR count). The fraction of sp³-hybridized carbons (Fsp3) is 0.923. The lowest BCUT2D eigenvalue weighted by Crippen LogP contribution is -2.44. The van der Waals surface area contributed by atoms with Gasteiger partial charge in [0, 0.05) is 6.54 Å². The molecular weight excluding hydrogens is 264 g/mol. The molecule has 0 spiro atoms. The lowest BCUT2D eigenvalue weighted by atomic mass is 10.0. The zero-order valence-electron chi connectivity index (χ0n) is 11.8. The molecule has 0 heterocycles. The maximum Gasteiger partial charge on any atom is 0.328 e. The van der Waals surface area contributed by atoms with Crippen LogP contribution in [-0.2, 0) is 10.0 Å². The lowest BCUT2D eigenvalue weighted by molar-refractivity contribution is 0.245. The highest BCUT2D eigenvalue weighted by Crippen LogP contribution is 2.22. The van der Waals surface area contributed by atoms with E-state index < -0.39 is 21.3 Å². The third-order valence-corrected chi connectivity index (χ3v) is 5.36. The summed E-state index contributed by atoms with van der Waals surface area (Å²) in [4.78, 5) is 11.5. The smallest absolute Gasteiger partial charge is 0.328 e. The van der Waals surface area contributed by atoms with Gasteiger partial charge < -0.3 is 5.32 Å². The predicted octanol–water partition coefficient (Wildman–Crippen LogP) is 2.53. The van der Waals surface area contributed by atoms with E-state index in [0.29, 0.717) is 19.4 Å². The molecule has 19 heavy (non-hydrogen) atoms. The number of hydrogen-bond acceptors (Lipinski definition) is 3. The van der Waals surface area contributed by atoms with Crippen molar-refractivity contribution in [2.45, 2.75) is 70.0 Å². The van der Waals surface area contributed by atoms with E-state index in [0.717, 1.165) is 44.9 Å². The van der Waals surface area contributed by atoms with Crippen molar-refractivity contribution in [2.75, 3.05) is 6.54 Å². The van der Waals surface area contributed by atoms with Crippen molar-refractivity contribution < 1.29 is 13.2 Å². The van der Waals surface area contributed by atoms with Crippen LogP contribution in [0.25, 0.3) is 0 Å². The summed E-state index contributed by atoms with van der Waals surface area (Å²) in [7, 11) is -3.49. The monoisotopic (exact) mass is 290 g/mol. The van der Waals surface area contributed by atoms with E-state index in [1.807, 2.05) is 0 Å². The molecule has 0 saturated heterocycles. The summed E-state index contributed by atoms with van der Waals surface area (Å²) in [6, 6.07) is -0.581. The second-order valence-electron chi connectivity index (χ2n) is 5.22. The van der Waals surface area contributed by atoms with Crippen LogP contribution in [0.15, 0.2) is 0 Å². The predicted molar refractivity (Wildman–Crippen MR) is 76.5 cm³/mol. The molecule has 1 aliphatic carbocycles. The van der Waals surface area contributed by atoms with Gasteiger partial charge in [-0.1, -0.05) is 45.4 Å². The van der Waals surface area contributed by atoms with Gasteiger partial charge in [0.1, 0.15) is 0 Å². The summed E-state index contributed by atoms with van der Waals surface area (Å²) in [5.74, 6) is 0. The van der Waals surface area contributed by atoms with E-state index in [-0.39, 0.29) is 0 Å². The summed E-state index contributed by atoms with van der Waals surface area (Å²) < 4.78 is 26.1. The number of hydrogen-bond donors (Lipinski definition) is 2. The van der Waals surface area contributed by atoms with Crippen LogP contribution < -0.4 is 10.0 Å². The Morgan fingerprint density at radius 2 is 1.79 bits per heavy atom. The zero-order chi connectivity index (χ0) is 14.1. The quantitative estimate of drug-likeness (QED) is 0.707. The maximum atomic E-state index is 12.0. The average molecular weight is 290 g/mol. The summed E-state index contributed by atoms with van der Waals surface area (Å²) in [6.07, 6.45) is 8.53. The molecule has 0 radical (unpaired) electrons. The Kier molecular flexibility index (Phi) is 7.20. The van der Waals surface area contributed by atoms with Gasteiger partial charge in [0.2, 0.25) is 10.0 Å².